The summed E-state index contributed by atoms with van der Waals surface area (Å²) in [6.45, 7) is 7.00. The van der Waals surface area contributed by atoms with E-state index in [0.29, 0.717) is 12.3 Å². The van der Waals surface area contributed by atoms with Crippen LogP contribution in [0.5, 0.6) is 11.5 Å². The van der Waals surface area contributed by atoms with Crippen LogP contribution < -0.4 is 15.8 Å². The summed E-state index contributed by atoms with van der Waals surface area (Å²) in [5, 5.41) is 2.95. The summed E-state index contributed by atoms with van der Waals surface area (Å²) in [5.41, 5.74) is 6.60. The van der Waals surface area contributed by atoms with Crippen molar-refractivity contribution >= 4 is 23.2 Å². The zero-order chi connectivity index (χ0) is 23.4. The number of ether oxygens (including phenoxy) is 1. The first kappa shape index (κ1) is 22.3. The highest BCUT2D eigenvalue weighted by Gasteiger charge is 2.36. The molecule has 0 bridgehead atoms. The SMILES string of the molecule is C=CC(=O)N[C@H]1CCN(C2=NCC(C)(C(N)=O)C=C2c2ccc(Oc3ccccc3)cc2)C1. The van der Waals surface area contributed by atoms with Gasteiger partial charge in [-0.15, -0.1) is 0 Å². The number of amidine groups is 1. The van der Waals surface area contributed by atoms with Gasteiger partial charge >= 0.3 is 0 Å². The fraction of sp³-hybridized carbons (Fsp3) is 0.269. The molecule has 0 spiro atoms. The smallest absolute Gasteiger partial charge is 0.243 e. The maximum absolute atomic E-state index is 12.2. The van der Waals surface area contributed by atoms with Crippen LogP contribution in [0.15, 0.2) is 78.3 Å². The summed E-state index contributed by atoms with van der Waals surface area (Å²) >= 11 is 0. The lowest BCUT2D eigenvalue weighted by atomic mass is 9.83. The van der Waals surface area contributed by atoms with E-state index in [2.05, 4.69) is 16.8 Å². The molecular weight excluding hydrogens is 416 g/mol. The van der Waals surface area contributed by atoms with Gasteiger partial charge in [0.2, 0.25) is 11.8 Å². The Bertz CT molecular complexity index is 1110. The van der Waals surface area contributed by atoms with E-state index in [1.165, 1.54) is 6.08 Å². The fourth-order valence-corrected chi connectivity index (χ4v) is 4.04. The van der Waals surface area contributed by atoms with Gasteiger partial charge in [-0.25, -0.2) is 0 Å². The predicted molar refractivity (Wildman–Crippen MR) is 129 cm³/mol. The number of benzene rings is 2. The quantitative estimate of drug-likeness (QED) is 0.669. The number of nitrogens with one attached hydrogen (secondary N) is 1. The van der Waals surface area contributed by atoms with Crippen molar-refractivity contribution in [2.24, 2.45) is 16.1 Å². The van der Waals surface area contributed by atoms with Gasteiger partial charge in [-0.3, -0.25) is 14.6 Å². The normalized spacial score (nSPS) is 22.2. The van der Waals surface area contributed by atoms with Crippen molar-refractivity contribution in [3.63, 3.8) is 0 Å². The number of hydrogen-bond donors (Lipinski definition) is 2. The Hall–Kier alpha value is -3.87. The lowest BCUT2D eigenvalue weighted by Crippen LogP contribution is -2.42. The number of para-hydroxylation sites is 1. The molecule has 2 amide bonds. The Kier molecular flexibility index (Phi) is 6.31. The Labute approximate surface area is 193 Å². The Morgan fingerprint density at radius 2 is 1.88 bits per heavy atom. The highest BCUT2D eigenvalue weighted by atomic mass is 16.5. The second-order valence-corrected chi connectivity index (χ2v) is 8.56. The molecule has 0 aliphatic carbocycles. The molecule has 1 saturated heterocycles. The minimum Gasteiger partial charge on any atom is -0.457 e. The molecule has 0 saturated carbocycles. The standard InChI is InChI=1S/C26H28N4O3/c1-3-23(31)29-19-13-14-30(16-19)24-22(15-26(2,17-28-24)25(27)32)18-9-11-21(12-10-18)33-20-7-5-4-6-8-20/h3-12,15,19H,1,13-14,16-17H2,2H3,(H2,27,32)(H,29,31)/t19-,26?/m0/s1. The van der Waals surface area contributed by atoms with E-state index in [0.717, 1.165) is 35.7 Å². The molecule has 7 nitrogen and oxygen atoms in total. The van der Waals surface area contributed by atoms with Gasteiger partial charge in [-0.2, -0.15) is 0 Å². The van der Waals surface area contributed by atoms with Gasteiger partial charge in [0.25, 0.3) is 0 Å². The van der Waals surface area contributed by atoms with Gasteiger partial charge in [-0.1, -0.05) is 43.0 Å². The van der Waals surface area contributed by atoms with E-state index in [9.17, 15) is 9.59 Å². The lowest BCUT2D eigenvalue weighted by Gasteiger charge is -2.32. The van der Waals surface area contributed by atoms with Crippen LogP contribution >= 0.6 is 0 Å². The van der Waals surface area contributed by atoms with Crippen LogP contribution in [0.1, 0.15) is 18.9 Å². The maximum atomic E-state index is 12.2. The maximum Gasteiger partial charge on any atom is 0.243 e. The van der Waals surface area contributed by atoms with Crippen molar-refractivity contribution in [2.75, 3.05) is 19.6 Å². The van der Waals surface area contributed by atoms with Crippen molar-refractivity contribution in [2.45, 2.75) is 19.4 Å². The fourth-order valence-electron chi connectivity index (χ4n) is 4.04. The van der Waals surface area contributed by atoms with Crippen LogP contribution in [0.2, 0.25) is 0 Å². The number of likely N-dealkylation sites (tertiary alicyclic amines) is 1. The number of nitrogens with two attached hydrogens (primary N) is 1. The number of hydrogen-bond acceptors (Lipinski definition) is 5. The molecule has 33 heavy (non-hydrogen) atoms. The summed E-state index contributed by atoms with van der Waals surface area (Å²) in [4.78, 5) is 30.8. The van der Waals surface area contributed by atoms with Crippen LogP contribution in [-0.4, -0.2) is 48.2 Å². The third-order valence-electron chi connectivity index (χ3n) is 5.99. The van der Waals surface area contributed by atoms with Crippen molar-refractivity contribution in [3.05, 3.63) is 78.9 Å². The lowest BCUT2D eigenvalue weighted by molar-refractivity contribution is -0.124. The highest BCUT2D eigenvalue weighted by molar-refractivity contribution is 6.24. The number of nitrogens with zero attached hydrogens (tertiary/aromatic N) is 2. The van der Waals surface area contributed by atoms with Crippen molar-refractivity contribution in [3.8, 4) is 11.5 Å². The molecule has 2 aliphatic rings. The number of dihydropyridines is 1. The minimum absolute atomic E-state index is 0.0190. The molecule has 3 N–H and O–H groups in total. The number of carbonyl (C=O) groups is 2. The van der Waals surface area contributed by atoms with Crippen LogP contribution in [0.4, 0.5) is 0 Å². The van der Waals surface area contributed by atoms with Gasteiger partial charge < -0.3 is 20.7 Å². The minimum atomic E-state index is -0.867. The Morgan fingerprint density at radius 1 is 1.18 bits per heavy atom. The van der Waals surface area contributed by atoms with Gasteiger partial charge in [0.05, 0.1) is 12.0 Å². The zero-order valence-electron chi connectivity index (χ0n) is 18.7. The molecular formula is C26H28N4O3. The van der Waals surface area contributed by atoms with Gasteiger partial charge in [0, 0.05) is 24.7 Å². The summed E-state index contributed by atoms with van der Waals surface area (Å²) in [5.74, 6) is 1.69. The van der Waals surface area contributed by atoms with E-state index in [1.807, 2.05) is 60.7 Å². The molecule has 1 fully saturated rings. The number of carbonyl (C=O) groups excluding carboxylic acids is 2. The van der Waals surface area contributed by atoms with Crippen LogP contribution in [0.25, 0.3) is 5.57 Å². The average Bonchev–Trinajstić information content (AvgIpc) is 3.28. The van der Waals surface area contributed by atoms with E-state index in [-0.39, 0.29) is 18.5 Å². The van der Waals surface area contributed by atoms with E-state index in [1.54, 1.807) is 6.92 Å². The van der Waals surface area contributed by atoms with Crippen LogP contribution in [0, 0.1) is 5.41 Å². The number of aliphatic imine (C=N–C) groups is 1. The third kappa shape index (κ3) is 4.98. The summed E-state index contributed by atoms with van der Waals surface area (Å²) in [7, 11) is 0. The van der Waals surface area contributed by atoms with Crippen LogP contribution in [-0.2, 0) is 9.59 Å². The molecule has 170 valence electrons. The van der Waals surface area contributed by atoms with Gasteiger partial charge in [-0.05, 0) is 49.2 Å². The largest absolute Gasteiger partial charge is 0.457 e. The molecule has 0 radical (unpaired) electrons. The van der Waals surface area contributed by atoms with E-state index >= 15 is 0 Å². The molecule has 0 aromatic heterocycles. The molecule has 2 aliphatic heterocycles. The monoisotopic (exact) mass is 444 g/mol. The molecule has 2 aromatic rings. The second-order valence-electron chi connectivity index (χ2n) is 8.56. The first-order chi connectivity index (χ1) is 15.9. The van der Waals surface area contributed by atoms with Crippen molar-refractivity contribution < 1.29 is 14.3 Å². The first-order valence-corrected chi connectivity index (χ1v) is 11.0. The van der Waals surface area contributed by atoms with Gasteiger partial charge in [0.15, 0.2) is 0 Å². The summed E-state index contributed by atoms with van der Waals surface area (Å²) in [6.07, 6.45) is 4.01. The van der Waals surface area contributed by atoms with Crippen LogP contribution in [0.3, 0.4) is 0 Å². The number of rotatable bonds is 6. The van der Waals surface area contributed by atoms with Crippen molar-refractivity contribution in [1.82, 2.24) is 10.2 Å². The second kappa shape index (κ2) is 9.32. The number of amides is 2. The van der Waals surface area contributed by atoms with Crippen molar-refractivity contribution in [1.29, 1.82) is 0 Å². The summed E-state index contributed by atoms with van der Waals surface area (Å²) < 4.78 is 5.91. The van der Waals surface area contributed by atoms with Gasteiger partial charge in [0.1, 0.15) is 17.3 Å². The molecule has 2 atom stereocenters. The molecule has 2 heterocycles. The molecule has 1 unspecified atom stereocenters. The molecule has 4 rings (SSSR count). The Morgan fingerprint density at radius 3 is 2.55 bits per heavy atom. The average molecular weight is 445 g/mol. The van der Waals surface area contributed by atoms with E-state index in [4.69, 9.17) is 15.5 Å². The van der Waals surface area contributed by atoms with E-state index < -0.39 is 11.3 Å². The summed E-state index contributed by atoms with van der Waals surface area (Å²) in [6, 6.07) is 17.3. The third-order valence-corrected chi connectivity index (χ3v) is 5.99. The zero-order valence-corrected chi connectivity index (χ0v) is 18.7. The first-order valence-electron chi connectivity index (χ1n) is 11.0. The molecule has 2 aromatic carbocycles. The number of primary amides is 1. The predicted octanol–water partition coefficient (Wildman–Crippen LogP) is 3.14. The highest BCUT2D eigenvalue weighted by Crippen LogP contribution is 2.34. The topological polar surface area (TPSA) is 97.0 Å². The Balaban J connectivity index is 1.58. The molecule has 7 heteroatoms.